The largest absolute Gasteiger partial charge is 0.310 e. The van der Waals surface area contributed by atoms with E-state index in [4.69, 9.17) is 0 Å². The number of fused-ring (bicyclic) bond motifs is 1. The van der Waals surface area contributed by atoms with Crippen LogP contribution in [0, 0.1) is 0 Å². The van der Waals surface area contributed by atoms with Crippen molar-refractivity contribution in [1.29, 1.82) is 0 Å². The second kappa shape index (κ2) is 4.97. The molecule has 0 N–H and O–H groups in total. The Kier molecular flexibility index (Phi) is 3.17. The van der Waals surface area contributed by atoms with Gasteiger partial charge in [0.25, 0.3) is 5.56 Å². The molecule has 2 heterocycles. The Bertz CT molecular complexity index is 790. The van der Waals surface area contributed by atoms with Crippen molar-refractivity contribution in [2.45, 2.75) is 6.54 Å². The van der Waals surface area contributed by atoms with Crippen molar-refractivity contribution in [3.05, 3.63) is 75.2 Å². The van der Waals surface area contributed by atoms with Crippen LogP contribution >= 0.6 is 15.9 Å². The molecule has 4 heteroatoms. The molecule has 19 heavy (non-hydrogen) atoms. The second-order valence-corrected chi connectivity index (χ2v) is 5.22. The van der Waals surface area contributed by atoms with Gasteiger partial charge in [-0.05, 0) is 39.7 Å². The summed E-state index contributed by atoms with van der Waals surface area (Å²) in [7, 11) is 0. The number of rotatable bonds is 2. The minimum Gasteiger partial charge on any atom is -0.310 e. The third-order valence-electron chi connectivity index (χ3n) is 3.03. The minimum atomic E-state index is -0.0101. The van der Waals surface area contributed by atoms with Crippen LogP contribution in [0.25, 0.3) is 10.9 Å². The third-order valence-corrected chi connectivity index (χ3v) is 3.50. The van der Waals surface area contributed by atoms with Crippen molar-refractivity contribution in [1.82, 2.24) is 9.55 Å². The molecule has 0 amide bonds. The molecule has 0 atom stereocenters. The molecule has 0 aliphatic rings. The molecule has 0 aliphatic carbocycles. The SMILES string of the molecule is O=c1ccc(Br)cn1Cc1ccnc2ccccc12. The number of nitrogens with zero attached hydrogens (tertiary/aromatic N) is 2. The lowest BCUT2D eigenvalue weighted by atomic mass is 10.1. The van der Waals surface area contributed by atoms with Gasteiger partial charge in [0.15, 0.2) is 0 Å². The number of hydrogen-bond donors (Lipinski definition) is 0. The summed E-state index contributed by atoms with van der Waals surface area (Å²) in [6.07, 6.45) is 3.58. The molecule has 0 saturated heterocycles. The lowest BCUT2D eigenvalue weighted by molar-refractivity contribution is 0.760. The van der Waals surface area contributed by atoms with E-state index in [0.29, 0.717) is 6.54 Å². The van der Waals surface area contributed by atoms with Crippen LogP contribution in [-0.4, -0.2) is 9.55 Å². The van der Waals surface area contributed by atoms with Crippen LogP contribution in [-0.2, 0) is 6.54 Å². The predicted molar refractivity (Wildman–Crippen MR) is 79.2 cm³/mol. The van der Waals surface area contributed by atoms with E-state index in [1.165, 1.54) is 0 Å². The van der Waals surface area contributed by atoms with Gasteiger partial charge in [0.05, 0.1) is 12.1 Å². The van der Waals surface area contributed by atoms with Crippen molar-refractivity contribution in [2.75, 3.05) is 0 Å². The first kappa shape index (κ1) is 12.1. The summed E-state index contributed by atoms with van der Waals surface area (Å²) >= 11 is 3.39. The second-order valence-electron chi connectivity index (χ2n) is 4.30. The molecular formula is C15H11BrN2O. The van der Waals surface area contributed by atoms with Gasteiger partial charge in [0.1, 0.15) is 0 Å². The number of pyridine rings is 2. The van der Waals surface area contributed by atoms with Crippen LogP contribution in [0.1, 0.15) is 5.56 Å². The molecule has 0 fully saturated rings. The molecule has 2 aromatic heterocycles. The number of aromatic nitrogens is 2. The molecule has 0 radical (unpaired) electrons. The van der Waals surface area contributed by atoms with Crippen LogP contribution in [0.3, 0.4) is 0 Å². The summed E-state index contributed by atoms with van der Waals surface area (Å²) < 4.78 is 2.58. The van der Waals surface area contributed by atoms with Crippen LogP contribution in [0.2, 0.25) is 0 Å². The van der Waals surface area contributed by atoms with Gasteiger partial charge in [-0.15, -0.1) is 0 Å². The summed E-state index contributed by atoms with van der Waals surface area (Å²) in [6.45, 7) is 0.543. The van der Waals surface area contributed by atoms with Crippen LogP contribution < -0.4 is 5.56 Å². The van der Waals surface area contributed by atoms with E-state index in [2.05, 4.69) is 20.9 Å². The van der Waals surface area contributed by atoms with Gasteiger partial charge < -0.3 is 4.57 Å². The first-order valence-electron chi connectivity index (χ1n) is 5.93. The minimum absolute atomic E-state index is 0.0101. The number of benzene rings is 1. The summed E-state index contributed by atoms with van der Waals surface area (Å²) in [5, 5.41) is 1.08. The van der Waals surface area contributed by atoms with Crippen molar-refractivity contribution in [3.63, 3.8) is 0 Å². The Balaban J connectivity index is 2.11. The molecule has 3 aromatic rings. The number of halogens is 1. The van der Waals surface area contributed by atoms with Crippen molar-refractivity contribution >= 4 is 26.8 Å². The van der Waals surface area contributed by atoms with E-state index in [-0.39, 0.29) is 5.56 Å². The Morgan fingerprint density at radius 3 is 2.84 bits per heavy atom. The maximum Gasteiger partial charge on any atom is 0.250 e. The van der Waals surface area contributed by atoms with E-state index in [1.807, 2.05) is 30.3 Å². The van der Waals surface area contributed by atoms with Crippen molar-refractivity contribution in [3.8, 4) is 0 Å². The van der Waals surface area contributed by atoms with Gasteiger partial charge >= 0.3 is 0 Å². The molecule has 0 bridgehead atoms. The highest BCUT2D eigenvalue weighted by atomic mass is 79.9. The van der Waals surface area contributed by atoms with Crippen molar-refractivity contribution in [2.24, 2.45) is 0 Å². The molecule has 3 rings (SSSR count). The molecule has 0 unspecified atom stereocenters. The first-order valence-corrected chi connectivity index (χ1v) is 6.72. The summed E-state index contributed by atoms with van der Waals surface area (Å²) in [5.74, 6) is 0. The van der Waals surface area contributed by atoms with Gasteiger partial charge in [0.2, 0.25) is 0 Å². The summed E-state index contributed by atoms with van der Waals surface area (Å²) in [4.78, 5) is 16.2. The molecule has 3 nitrogen and oxygen atoms in total. The van der Waals surface area contributed by atoms with Gasteiger partial charge in [-0.2, -0.15) is 0 Å². The molecule has 94 valence electrons. The predicted octanol–water partition coefficient (Wildman–Crippen LogP) is 3.21. The topological polar surface area (TPSA) is 34.9 Å². The summed E-state index contributed by atoms with van der Waals surface area (Å²) in [6, 6.07) is 13.2. The third kappa shape index (κ3) is 2.44. The molecule has 0 spiro atoms. The fourth-order valence-electron chi connectivity index (χ4n) is 2.10. The highest BCUT2D eigenvalue weighted by Crippen LogP contribution is 2.17. The monoisotopic (exact) mass is 314 g/mol. The lowest BCUT2D eigenvalue weighted by Crippen LogP contribution is -2.18. The molecule has 1 aromatic carbocycles. The molecule has 0 saturated carbocycles. The Labute approximate surface area is 118 Å². The standard InChI is InChI=1S/C15H11BrN2O/c16-12-5-6-15(19)18(10-12)9-11-7-8-17-14-4-2-1-3-13(11)14/h1-8,10H,9H2. The Morgan fingerprint density at radius 2 is 1.95 bits per heavy atom. The maximum absolute atomic E-state index is 11.8. The van der Waals surface area contributed by atoms with Crippen molar-refractivity contribution < 1.29 is 0 Å². The van der Waals surface area contributed by atoms with Gasteiger partial charge in [-0.25, -0.2) is 0 Å². The normalized spacial score (nSPS) is 10.8. The van der Waals surface area contributed by atoms with Gasteiger partial charge in [-0.1, -0.05) is 18.2 Å². The average molecular weight is 315 g/mol. The quantitative estimate of drug-likeness (QED) is 0.728. The fourth-order valence-corrected chi connectivity index (χ4v) is 2.48. The first-order chi connectivity index (χ1) is 9.24. The zero-order chi connectivity index (χ0) is 13.2. The molecule has 0 aliphatic heterocycles. The number of para-hydroxylation sites is 1. The highest BCUT2D eigenvalue weighted by Gasteiger charge is 2.03. The zero-order valence-corrected chi connectivity index (χ0v) is 11.7. The Hall–Kier alpha value is -1.94. The van der Waals surface area contributed by atoms with E-state index in [1.54, 1.807) is 29.1 Å². The maximum atomic E-state index is 11.8. The van der Waals surface area contributed by atoms with Gasteiger partial charge in [-0.3, -0.25) is 9.78 Å². The van der Waals surface area contributed by atoms with E-state index >= 15 is 0 Å². The fraction of sp³-hybridized carbons (Fsp3) is 0.0667. The van der Waals surface area contributed by atoms with Crippen LogP contribution in [0.15, 0.2) is 64.1 Å². The van der Waals surface area contributed by atoms with Crippen LogP contribution in [0.4, 0.5) is 0 Å². The zero-order valence-electron chi connectivity index (χ0n) is 10.1. The molecular weight excluding hydrogens is 304 g/mol. The lowest BCUT2D eigenvalue weighted by Gasteiger charge is -2.08. The highest BCUT2D eigenvalue weighted by molar-refractivity contribution is 9.10. The van der Waals surface area contributed by atoms with E-state index < -0.39 is 0 Å². The van der Waals surface area contributed by atoms with Gasteiger partial charge in [0, 0.05) is 28.3 Å². The van der Waals surface area contributed by atoms with E-state index in [0.717, 1.165) is 20.9 Å². The van der Waals surface area contributed by atoms with Crippen LogP contribution in [0.5, 0.6) is 0 Å². The number of hydrogen-bond acceptors (Lipinski definition) is 2. The average Bonchev–Trinajstić information content (AvgIpc) is 2.43. The Morgan fingerprint density at radius 1 is 1.11 bits per heavy atom. The summed E-state index contributed by atoms with van der Waals surface area (Å²) in [5.41, 5.74) is 2.03. The van der Waals surface area contributed by atoms with E-state index in [9.17, 15) is 4.79 Å². The smallest absolute Gasteiger partial charge is 0.250 e.